The number of nitrogens with one attached hydrogen (secondary N) is 1. The van der Waals surface area contributed by atoms with Crippen LogP contribution in [0.1, 0.15) is 40.6 Å². The van der Waals surface area contributed by atoms with Crippen molar-refractivity contribution in [1.29, 1.82) is 0 Å². The van der Waals surface area contributed by atoms with E-state index in [4.69, 9.17) is 4.74 Å². The van der Waals surface area contributed by atoms with E-state index in [1.165, 1.54) is 42.1 Å². The lowest BCUT2D eigenvalue weighted by atomic mass is 10.2. The van der Waals surface area contributed by atoms with Crippen molar-refractivity contribution >= 4 is 36.2 Å². The highest BCUT2D eigenvalue weighted by Gasteiger charge is 2.43. The van der Waals surface area contributed by atoms with E-state index in [0.29, 0.717) is 23.3 Å². The quantitative estimate of drug-likeness (QED) is 0.485. The SMILES string of the molecule is CCOC(=O)c1scc(C)c1NC(=O)C[P+]1(Cc2ccccc2)CCCC1.[Br-]. The van der Waals surface area contributed by atoms with Crippen molar-refractivity contribution in [3.8, 4) is 0 Å². The topological polar surface area (TPSA) is 55.4 Å². The summed E-state index contributed by atoms with van der Waals surface area (Å²) in [7, 11) is -1.33. The summed E-state index contributed by atoms with van der Waals surface area (Å²) in [5.74, 6) is -0.325. The van der Waals surface area contributed by atoms with Crippen LogP contribution in [-0.4, -0.2) is 37.0 Å². The van der Waals surface area contributed by atoms with Crippen LogP contribution < -0.4 is 22.3 Å². The predicted octanol–water partition coefficient (Wildman–Crippen LogP) is 2.19. The lowest BCUT2D eigenvalue weighted by Gasteiger charge is -2.22. The maximum Gasteiger partial charge on any atom is 0.350 e. The van der Waals surface area contributed by atoms with E-state index in [2.05, 4.69) is 29.6 Å². The van der Waals surface area contributed by atoms with Gasteiger partial charge in [-0.2, -0.15) is 0 Å². The van der Waals surface area contributed by atoms with Crippen LogP contribution in [-0.2, 0) is 15.7 Å². The lowest BCUT2D eigenvalue weighted by Crippen LogP contribution is -3.00. The normalized spacial score (nSPS) is 14.9. The lowest BCUT2D eigenvalue weighted by molar-refractivity contribution is -0.113. The van der Waals surface area contributed by atoms with Crippen molar-refractivity contribution in [1.82, 2.24) is 0 Å². The van der Waals surface area contributed by atoms with Gasteiger partial charge in [0.1, 0.15) is 11.0 Å². The maximum absolute atomic E-state index is 12.9. The smallest absolute Gasteiger partial charge is 0.350 e. The predicted molar refractivity (Wildman–Crippen MR) is 115 cm³/mol. The summed E-state index contributed by atoms with van der Waals surface area (Å²) in [4.78, 5) is 25.6. The van der Waals surface area contributed by atoms with E-state index in [-0.39, 0.29) is 28.9 Å². The standard InChI is InChI=1S/C21H26NO3PS.BrH/c1-3-25-21(24)20-19(16(2)15-27-20)22-18(23)14-26(11-7-8-12-26)13-17-9-5-4-6-10-17;/h4-6,9-10,15H,3,7-8,11-14H2,1-2H3;1H. The highest BCUT2D eigenvalue weighted by molar-refractivity contribution is 7.76. The third-order valence-electron chi connectivity index (χ3n) is 5.05. The summed E-state index contributed by atoms with van der Waals surface area (Å²) in [6.07, 6.45) is 6.44. The number of benzene rings is 1. The van der Waals surface area contributed by atoms with E-state index >= 15 is 0 Å². The molecule has 28 heavy (non-hydrogen) atoms. The van der Waals surface area contributed by atoms with Crippen LogP contribution in [0, 0.1) is 6.92 Å². The second-order valence-electron chi connectivity index (χ2n) is 7.19. The van der Waals surface area contributed by atoms with Gasteiger partial charge in [-0.3, -0.25) is 4.79 Å². The van der Waals surface area contributed by atoms with E-state index in [1.54, 1.807) is 6.92 Å². The molecule has 0 aliphatic carbocycles. The summed E-state index contributed by atoms with van der Waals surface area (Å²) >= 11 is 1.33. The van der Waals surface area contributed by atoms with Crippen molar-refractivity contribution in [3.05, 3.63) is 51.7 Å². The van der Waals surface area contributed by atoms with Crippen LogP contribution in [0.3, 0.4) is 0 Å². The van der Waals surface area contributed by atoms with Gasteiger partial charge in [-0.1, -0.05) is 30.3 Å². The molecule has 0 spiro atoms. The summed E-state index contributed by atoms with van der Waals surface area (Å²) in [6.45, 7) is 4.03. The molecule has 0 atom stereocenters. The molecule has 0 saturated carbocycles. The van der Waals surface area contributed by atoms with Gasteiger partial charge in [-0.15, -0.1) is 11.3 Å². The molecule has 1 amide bonds. The number of anilines is 1. The average molecular weight is 484 g/mol. The van der Waals surface area contributed by atoms with E-state index in [9.17, 15) is 9.59 Å². The molecular formula is C21H27BrNO3PS. The van der Waals surface area contributed by atoms with Crippen LogP contribution in [0.15, 0.2) is 35.7 Å². The molecule has 1 aliphatic rings. The number of thiophene rings is 1. The first-order valence-corrected chi connectivity index (χ1v) is 12.9. The molecule has 1 N–H and O–H groups in total. The minimum absolute atomic E-state index is 0. The van der Waals surface area contributed by atoms with Crippen LogP contribution in [0.4, 0.5) is 5.69 Å². The second kappa shape index (κ2) is 10.5. The minimum atomic E-state index is -1.33. The van der Waals surface area contributed by atoms with Gasteiger partial charge in [-0.25, -0.2) is 4.79 Å². The van der Waals surface area contributed by atoms with Crippen molar-refractivity contribution < 1.29 is 31.3 Å². The Labute approximate surface area is 182 Å². The molecule has 0 bridgehead atoms. The van der Waals surface area contributed by atoms with Gasteiger partial charge in [0.15, 0.2) is 0 Å². The van der Waals surface area contributed by atoms with Gasteiger partial charge in [0.2, 0.25) is 0 Å². The number of amides is 1. The Balaban J connectivity index is 0.00000280. The number of ether oxygens (including phenoxy) is 1. The molecule has 1 aliphatic heterocycles. The minimum Gasteiger partial charge on any atom is -1.00 e. The summed E-state index contributed by atoms with van der Waals surface area (Å²) in [5.41, 5.74) is 2.87. The Morgan fingerprint density at radius 2 is 1.86 bits per heavy atom. The number of esters is 1. The van der Waals surface area contributed by atoms with Crippen LogP contribution in [0.25, 0.3) is 0 Å². The molecule has 3 rings (SSSR count). The number of rotatable bonds is 7. The number of hydrogen-bond donors (Lipinski definition) is 1. The van der Waals surface area contributed by atoms with E-state index in [1.807, 2.05) is 18.4 Å². The van der Waals surface area contributed by atoms with Gasteiger partial charge in [0, 0.05) is 7.26 Å². The zero-order chi connectivity index (χ0) is 19.3. The molecule has 2 aromatic rings. The zero-order valence-electron chi connectivity index (χ0n) is 16.4. The zero-order valence-corrected chi connectivity index (χ0v) is 19.7. The molecule has 152 valence electrons. The number of halogens is 1. The third kappa shape index (κ3) is 5.65. The van der Waals surface area contributed by atoms with Crippen LogP contribution in [0.2, 0.25) is 0 Å². The molecule has 4 nitrogen and oxygen atoms in total. The Hall–Kier alpha value is -1.23. The molecule has 0 radical (unpaired) electrons. The van der Waals surface area contributed by atoms with Gasteiger partial charge >= 0.3 is 5.97 Å². The molecule has 1 fully saturated rings. The fourth-order valence-electron chi connectivity index (χ4n) is 3.78. The van der Waals surface area contributed by atoms with Crippen molar-refractivity contribution in [2.45, 2.75) is 32.9 Å². The number of hydrogen-bond acceptors (Lipinski definition) is 4. The van der Waals surface area contributed by atoms with Gasteiger partial charge in [0.05, 0.1) is 30.8 Å². The molecule has 1 aromatic heterocycles. The van der Waals surface area contributed by atoms with E-state index < -0.39 is 7.26 Å². The van der Waals surface area contributed by atoms with Crippen molar-refractivity contribution in [2.75, 3.05) is 30.4 Å². The third-order valence-corrected chi connectivity index (χ3v) is 10.7. The second-order valence-corrected chi connectivity index (χ2v) is 12.3. The van der Waals surface area contributed by atoms with Crippen molar-refractivity contribution in [3.63, 3.8) is 0 Å². The molecular weight excluding hydrogens is 457 g/mol. The Kier molecular flexibility index (Phi) is 8.66. The van der Waals surface area contributed by atoms with Crippen LogP contribution in [0.5, 0.6) is 0 Å². The number of carbonyl (C=O) groups is 2. The largest absolute Gasteiger partial charge is 1.00 e. The Bertz CT molecular complexity index is 803. The first kappa shape index (κ1) is 23.1. The first-order chi connectivity index (χ1) is 13.0. The van der Waals surface area contributed by atoms with Crippen molar-refractivity contribution in [2.24, 2.45) is 0 Å². The fraction of sp³-hybridized carbons (Fsp3) is 0.429. The first-order valence-electron chi connectivity index (χ1n) is 9.47. The van der Waals surface area contributed by atoms with Crippen LogP contribution >= 0.6 is 18.6 Å². The Morgan fingerprint density at radius 1 is 1.18 bits per heavy atom. The maximum atomic E-state index is 12.9. The highest BCUT2D eigenvalue weighted by Crippen LogP contribution is 2.65. The van der Waals surface area contributed by atoms with Gasteiger partial charge in [0.25, 0.3) is 5.91 Å². The summed E-state index contributed by atoms with van der Waals surface area (Å²) in [6, 6.07) is 10.5. The van der Waals surface area contributed by atoms with Gasteiger partial charge < -0.3 is 27.0 Å². The molecule has 0 unspecified atom stereocenters. The van der Waals surface area contributed by atoms with E-state index in [0.717, 1.165) is 11.7 Å². The fourth-order valence-corrected chi connectivity index (χ4v) is 9.11. The number of carbonyl (C=O) groups excluding carboxylic acids is 2. The van der Waals surface area contributed by atoms with Gasteiger partial charge in [-0.05, 0) is 43.2 Å². The molecule has 1 aromatic carbocycles. The monoisotopic (exact) mass is 483 g/mol. The Morgan fingerprint density at radius 3 is 2.50 bits per heavy atom. The highest BCUT2D eigenvalue weighted by atomic mass is 79.9. The molecule has 2 heterocycles. The molecule has 1 saturated heterocycles. The molecule has 7 heteroatoms. The summed E-state index contributed by atoms with van der Waals surface area (Å²) in [5, 5.41) is 4.93. The summed E-state index contributed by atoms with van der Waals surface area (Å²) < 4.78 is 5.12. The number of aryl methyl sites for hydroxylation is 1. The average Bonchev–Trinajstić information content (AvgIpc) is 3.23.